The Bertz CT molecular complexity index is 225. The molecule has 1 saturated heterocycles. The number of carbonyl (C=O) groups is 1. The molecule has 1 N–H and O–H groups in total. The highest BCUT2D eigenvalue weighted by Crippen LogP contribution is 2.20. The molecule has 4 heteroatoms. The summed E-state index contributed by atoms with van der Waals surface area (Å²) in [5.74, 6) is 0.0863. The highest BCUT2D eigenvalue weighted by Gasteiger charge is 2.34. The Morgan fingerprint density at radius 3 is 2.43 bits per heavy atom. The summed E-state index contributed by atoms with van der Waals surface area (Å²) in [4.78, 5) is 13.8. The van der Waals surface area contributed by atoms with Gasteiger partial charge in [0.2, 0.25) is 5.91 Å². The molecule has 1 fully saturated rings. The topological polar surface area (TPSA) is 32.3 Å². The molecular formula is C10H19ClN2O. The van der Waals surface area contributed by atoms with E-state index in [4.69, 9.17) is 11.6 Å². The lowest BCUT2D eigenvalue weighted by Crippen LogP contribution is -2.49. The number of hydrogen-bond donors (Lipinski definition) is 1. The number of rotatable bonds is 1. The van der Waals surface area contributed by atoms with Crippen molar-refractivity contribution in [1.29, 1.82) is 0 Å². The predicted molar refractivity (Wildman–Crippen MR) is 58.6 cm³/mol. The highest BCUT2D eigenvalue weighted by atomic mass is 35.5. The van der Waals surface area contributed by atoms with E-state index in [9.17, 15) is 4.79 Å². The van der Waals surface area contributed by atoms with E-state index in [2.05, 4.69) is 5.32 Å². The molecule has 0 radical (unpaired) electrons. The SMILES string of the molecule is CN1CC(Cl)CC1C(=O)NC(C)(C)C. The Balaban J connectivity index is 2.53. The average Bonchev–Trinajstić information content (AvgIpc) is 2.26. The number of nitrogens with one attached hydrogen (secondary N) is 1. The molecule has 14 heavy (non-hydrogen) atoms. The van der Waals surface area contributed by atoms with Crippen molar-refractivity contribution in [3.63, 3.8) is 0 Å². The van der Waals surface area contributed by atoms with Crippen molar-refractivity contribution >= 4 is 17.5 Å². The van der Waals surface area contributed by atoms with Gasteiger partial charge in [0.1, 0.15) is 0 Å². The number of likely N-dealkylation sites (tertiary alicyclic amines) is 1. The number of hydrogen-bond acceptors (Lipinski definition) is 2. The first-order valence-corrected chi connectivity index (χ1v) is 5.39. The summed E-state index contributed by atoms with van der Waals surface area (Å²) in [6.45, 7) is 6.75. The van der Waals surface area contributed by atoms with Crippen LogP contribution in [0.25, 0.3) is 0 Å². The van der Waals surface area contributed by atoms with Gasteiger partial charge in [0.15, 0.2) is 0 Å². The van der Waals surface area contributed by atoms with Crippen molar-refractivity contribution in [3.05, 3.63) is 0 Å². The minimum atomic E-state index is -0.164. The maximum absolute atomic E-state index is 11.8. The molecule has 1 aliphatic rings. The Labute approximate surface area is 90.8 Å². The van der Waals surface area contributed by atoms with Crippen LogP contribution in [0.4, 0.5) is 0 Å². The molecule has 0 aromatic carbocycles. The van der Waals surface area contributed by atoms with Crippen LogP contribution in [0, 0.1) is 0 Å². The first kappa shape index (κ1) is 11.8. The molecule has 0 aliphatic carbocycles. The minimum absolute atomic E-state index is 0.0586. The second-order valence-corrected chi connectivity index (χ2v) is 5.64. The van der Waals surface area contributed by atoms with E-state index >= 15 is 0 Å². The molecule has 0 aromatic rings. The molecule has 82 valence electrons. The third-order valence-electron chi connectivity index (χ3n) is 2.30. The van der Waals surface area contributed by atoms with E-state index in [-0.39, 0.29) is 22.9 Å². The van der Waals surface area contributed by atoms with Gasteiger partial charge in [-0.25, -0.2) is 0 Å². The van der Waals surface area contributed by atoms with Gasteiger partial charge in [0.05, 0.1) is 6.04 Å². The number of halogens is 1. The molecule has 1 amide bonds. The number of amides is 1. The van der Waals surface area contributed by atoms with Crippen LogP contribution >= 0.6 is 11.6 Å². The molecule has 0 spiro atoms. The molecular weight excluding hydrogens is 200 g/mol. The number of carbonyl (C=O) groups excluding carboxylic acids is 1. The van der Waals surface area contributed by atoms with Gasteiger partial charge < -0.3 is 5.32 Å². The minimum Gasteiger partial charge on any atom is -0.350 e. The van der Waals surface area contributed by atoms with Gasteiger partial charge in [-0.05, 0) is 34.2 Å². The third-order valence-corrected chi connectivity index (χ3v) is 2.61. The lowest BCUT2D eigenvalue weighted by Gasteiger charge is -2.25. The lowest BCUT2D eigenvalue weighted by atomic mass is 10.1. The summed E-state index contributed by atoms with van der Waals surface area (Å²) in [5.41, 5.74) is -0.164. The van der Waals surface area contributed by atoms with Crippen LogP contribution in [-0.4, -0.2) is 41.4 Å². The molecule has 0 bridgehead atoms. The van der Waals surface area contributed by atoms with E-state index in [0.29, 0.717) is 0 Å². The summed E-state index contributed by atoms with van der Waals surface area (Å²) in [6.07, 6.45) is 0.750. The Hall–Kier alpha value is -0.280. The zero-order valence-corrected chi connectivity index (χ0v) is 10.1. The molecule has 2 unspecified atom stereocenters. The summed E-state index contributed by atoms with van der Waals surface area (Å²) in [5, 5.41) is 3.08. The van der Waals surface area contributed by atoms with Crippen molar-refractivity contribution in [2.24, 2.45) is 0 Å². The van der Waals surface area contributed by atoms with Gasteiger partial charge in [-0.15, -0.1) is 11.6 Å². The van der Waals surface area contributed by atoms with Crippen molar-refractivity contribution in [2.45, 2.75) is 44.1 Å². The van der Waals surface area contributed by atoms with Crippen LogP contribution in [-0.2, 0) is 4.79 Å². The average molecular weight is 219 g/mol. The zero-order chi connectivity index (χ0) is 10.9. The quantitative estimate of drug-likeness (QED) is 0.672. The monoisotopic (exact) mass is 218 g/mol. The summed E-state index contributed by atoms with van der Waals surface area (Å²) < 4.78 is 0. The van der Waals surface area contributed by atoms with Gasteiger partial charge in [-0.2, -0.15) is 0 Å². The maximum Gasteiger partial charge on any atom is 0.237 e. The van der Waals surface area contributed by atoms with Crippen molar-refractivity contribution in [2.75, 3.05) is 13.6 Å². The van der Waals surface area contributed by atoms with Gasteiger partial charge in [0.25, 0.3) is 0 Å². The third kappa shape index (κ3) is 3.14. The number of nitrogens with zero attached hydrogens (tertiary/aromatic N) is 1. The second-order valence-electron chi connectivity index (χ2n) is 5.03. The van der Waals surface area contributed by atoms with E-state index in [1.54, 1.807) is 0 Å². The highest BCUT2D eigenvalue weighted by molar-refractivity contribution is 6.21. The molecule has 2 atom stereocenters. The van der Waals surface area contributed by atoms with Gasteiger partial charge in [-0.3, -0.25) is 9.69 Å². The normalized spacial score (nSPS) is 29.2. The first-order valence-electron chi connectivity index (χ1n) is 4.96. The molecule has 0 aromatic heterocycles. The first-order chi connectivity index (χ1) is 6.29. The van der Waals surface area contributed by atoms with Crippen LogP contribution < -0.4 is 5.32 Å². The Morgan fingerprint density at radius 2 is 2.07 bits per heavy atom. The summed E-state index contributed by atoms with van der Waals surface area (Å²) >= 11 is 6.00. The van der Waals surface area contributed by atoms with Crippen LogP contribution in [0.3, 0.4) is 0 Å². The lowest BCUT2D eigenvalue weighted by molar-refractivity contribution is -0.126. The zero-order valence-electron chi connectivity index (χ0n) is 9.30. The van der Waals surface area contributed by atoms with Crippen LogP contribution in [0.5, 0.6) is 0 Å². The van der Waals surface area contributed by atoms with E-state index < -0.39 is 0 Å². The molecule has 1 rings (SSSR count). The Kier molecular flexibility index (Phi) is 3.43. The fourth-order valence-electron chi connectivity index (χ4n) is 1.70. The standard InChI is InChI=1S/C10H19ClN2O/c1-10(2,3)12-9(14)8-5-7(11)6-13(8)4/h7-8H,5-6H2,1-4H3,(H,12,14). The van der Waals surface area contributed by atoms with Crippen LogP contribution in [0.1, 0.15) is 27.2 Å². The van der Waals surface area contributed by atoms with Crippen LogP contribution in [0.15, 0.2) is 0 Å². The predicted octanol–water partition coefficient (Wildman–Crippen LogP) is 1.21. The fraction of sp³-hybridized carbons (Fsp3) is 0.900. The van der Waals surface area contributed by atoms with Gasteiger partial charge in [-0.1, -0.05) is 0 Å². The fourth-order valence-corrected chi connectivity index (χ4v) is 2.08. The van der Waals surface area contributed by atoms with Crippen molar-refractivity contribution in [3.8, 4) is 0 Å². The van der Waals surface area contributed by atoms with Crippen molar-refractivity contribution < 1.29 is 4.79 Å². The van der Waals surface area contributed by atoms with Gasteiger partial charge in [0, 0.05) is 17.5 Å². The summed E-state index contributed by atoms with van der Waals surface area (Å²) in [6, 6.07) is -0.0586. The maximum atomic E-state index is 11.8. The molecule has 0 saturated carbocycles. The van der Waals surface area contributed by atoms with E-state index in [1.807, 2.05) is 32.7 Å². The second kappa shape index (κ2) is 4.07. The van der Waals surface area contributed by atoms with E-state index in [0.717, 1.165) is 13.0 Å². The molecule has 3 nitrogen and oxygen atoms in total. The summed E-state index contributed by atoms with van der Waals surface area (Å²) in [7, 11) is 1.94. The smallest absolute Gasteiger partial charge is 0.237 e. The number of alkyl halides is 1. The number of likely N-dealkylation sites (N-methyl/N-ethyl adjacent to an activating group) is 1. The molecule has 1 aliphatic heterocycles. The largest absolute Gasteiger partial charge is 0.350 e. The van der Waals surface area contributed by atoms with E-state index in [1.165, 1.54) is 0 Å². The van der Waals surface area contributed by atoms with Crippen LogP contribution in [0.2, 0.25) is 0 Å². The Morgan fingerprint density at radius 1 is 1.50 bits per heavy atom. The van der Waals surface area contributed by atoms with Crippen molar-refractivity contribution in [1.82, 2.24) is 10.2 Å². The molecule has 1 heterocycles. The van der Waals surface area contributed by atoms with Gasteiger partial charge >= 0.3 is 0 Å².